The number of esters is 1. The number of Topliss-reactive ketones (excluding diaryl/α,β-unsaturated/α-hetero) is 1. The van der Waals surface area contributed by atoms with E-state index >= 15 is 0 Å². The van der Waals surface area contributed by atoms with Gasteiger partial charge >= 0.3 is 5.97 Å². The molecule has 240 valence electrons. The van der Waals surface area contributed by atoms with Crippen LogP contribution < -0.4 is 0 Å². The van der Waals surface area contributed by atoms with E-state index < -0.39 is 36.7 Å². The normalized spacial score (nSPS) is 20.6. The van der Waals surface area contributed by atoms with E-state index in [0.29, 0.717) is 23.1 Å². The Morgan fingerprint density at radius 1 is 0.844 bits per heavy atom. The molecule has 1 aliphatic heterocycles. The average Bonchev–Trinajstić information content (AvgIpc) is 3.01. The summed E-state index contributed by atoms with van der Waals surface area (Å²) in [5.74, 6) is -2.17. The molecule has 0 saturated carbocycles. The maximum Gasteiger partial charge on any atom is 0.331 e. The highest BCUT2D eigenvalue weighted by molar-refractivity contribution is 5.87. The van der Waals surface area contributed by atoms with Crippen LogP contribution in [-0.4, -0.2) is 84.8 Å². The lowest BCUT2D eigenvalue weighted by Gasteiger charge is -2.38. The first-order chi connectivity index (χ1) is 21.5. The smallest absolute Gasteiger partial charge is 0.331 e. The molecule has 0 spiro atoms. The van der Waals surface area contributed by atoms with Gasteiger partial charge in [-0.1, -0.05) is 24.3 Å². The Balaban J connectivity index is 1.46. The molecule has 5 atom stereocenters. The standard InChI is InChI=1S/C33H36O12/c34-22-8-1-19(2-9-22)7-14-30(41)45-32-31(42)29(40)18-43-33(32)44-24(11-4-21-6-13-26(37)28(39)16-21)17-23(35)10-3-20-5-12-25(36)27(38)15-20/h1-2,5-9,12-16,24,29,31-34,36-40,42H,3-4,10-11,17-18H2/b14-7+/t24-,29-,31+,32-,33+/m0/s1. The van der Waals surface area contributed by atoms with Crippen molar-refractivity contribution in [1.82, 2.24) is 0 Å². The minimum atomic E-state index is -1.55. The molecule has 12 heteroatoms. The van der Waals surface area contributed by atoms with Gasteiger partial charge in [-0.15, -0.1) is 0 Å². The first-order valence-corrected chi connectivity index (χ1v) is 14.3. The third-order valence-electron chi connectivity index (χ3n) is 7.30. The number of hydrogen-bond acceptors (Lipinski definition) is 12. The van der Waals surface area contributed by atoms with E-state index in [1.165, 1.54) is 42.5 Å². The number of carbonyl (C=O) groups excluding carboxylic acids is 2. The van der Waals surface area contributed by atoms with E-state index in [0.717, 1.165) is 6.08 Å². The summed E-state index contributed by atoms with van der Waals surface area (Å²) in [6.45, 7) is -0.319. The van der Waals surface area contributed by atoms with Crippen molar-refractivity contribution in [1.29, 1.82) is 0 Å². The van der Waals surface area contributed by atoms with E-state index in [9.17, 15) is 45.3 Å². The van der Waals surface area contributed by atoms with Gasteiger partial charge in [-0.05, 0) is 78.4 Å². The van der Waals surface area contributed by atoms with Gasteiger partial charge in [0.05, 0.1) is 12.7 Å². The molecule has 0 bridgehead atoms. The van der Waals surface area contributed by atoms with Crippen LogP contribution in [0, 0.1) is 0 Å². The highest BCUT2D eigenvalue weighted by Gasteiger charge is 2.43. The molecule has 4 rings (SSSR count). The van der Waals surface area contributed by atoms with Gasteiger partial charge in [0.1, 0.15) is 23.7 Å². The lowest BCUT2D eigenvalue weighted by atomic mass is 9.99. The van der Waals surface area contributed by atoms with Crippen LogP contribution in [0.5, 0.6) is 28.7 Å². The third kappa shape index (κ3) is 9.68. The number of aromatic hydroxyl groups is 5. The van der Waals surface area contributed by atoms with Gasteiger partial charge in [-0.25, -0.2) is 4.79 Å². The van der Waals surface area contributed by atoms with Crippen molar-refractivity contribution in [3.8, 4) is 28.7 Å². The third-order valence-corrected chi connectivity index (χ3v) is 7.30. The summed E-state index contributed by atoms with van der Waals surface area (Å²) in [5, 5.41) is 69.1. The summed E-state index contributed by atoms with van der Waals surface area (Å²) in [5.41, 5.74) is 1.88. The molecule has 1 saturated heterocycles. The van der Waals surface area contributed by atoms with Crippen LogP contribution in [0.4, 0.5) is 0 Å². The molecular weight excluding hydrogens is 588 g/mol. The lowest BCUT2D eigenvalue weighted by Crippen LogP contribution is -2.56. The lowest BCUT2D eigenvalue weighted by molar-refractivity contribution is -0.286. The zero-order chi connectivity index (χ0) is 32.5. The van der Waals surface area contributed by atoms with Crippen LogP contribution in [-0.2, 0) is 36.6 Å². The van der Waals surface area contributed by atoms with E-state index in [4.69, 9.17) is 14.2 Å². The molecule has 3 aromatic rings. The Morgan fingerprint density at radius 2 is 1.47 bits per heavy atom. The highest BCUT2D eigenvalue weighted by atomic mass is 16.7. The molecule has 0 aromatic heterocycles. The number of aliphatic hydroxyl groups excluding tert-OH is 2. The first kappa shape index (κ1) is 33.3. The van der Waals surface area contributed by atoms with Crippen LogP contribution in [0.3, 0.4) is 0 Å². The van der Waals surface area contributed by atoms with Crippen molar-refractivity contribution < 1.29 is 59.5 Å². The molecule has 1 fully saturated rings. The van der Waals surface area contributed by atoms with Gasteiger partial charge in [-0.3, -0.25) is 4.79 Å². The SMILES string of the molecule is O=C(CCc1ccc(O)c(O)c1)C[C@H](CCc1ccc(O)c(O)c1)O[C@H]1OC[C@H](O)[C@@H](O)[C@@H]1OC(=O)/C=C/c1ccc(O)cc1. The van der Waals surface area contributed by atoms with Gasteiger partial charge in [0.25, 0.3) is 0 Å². The number of phenolic OH excluding ortho intramolecular Hbond substituents is 5. The Morgan fingerprint density at radius 3 is 2.09 bits per heavy atom. The van der Waals surface area contributed by atoms with E-state index in [1.54, 1.807) is 24.3 Å². The minimum absolute atomic E-state index is 0.0566. The number of aryl methyl sites for hydroxylation is 2. The van der Waals surface area contributed by atoms with Crippen LogP contribution >= 0.6 is 0 Å². The van der Waals surface area contributed by atoms with Crippen LogP contribution in [0.25, 0.3) is 6.08 Å². The molecular formula is C33H36O12. The molecule has 3 aromatic carbocycles. The van der Waals surface area contributed by atoms with Gasteiger partial charge < -0.3 is 50.0 Å². The Labute approximate surface area is 259 Å². The molecule has 7 N–H and O–H groups in total. The Kier molecular flexibility index (Phi) is 11.4. The van der Waals surface area contributed by atoms with Crippen molar-refractivity contribution >= 4 is 17.8 Å². The summed E-state index contributed by atoms with van der Waals surface area (Å²) >= 11 is 0. The Hall–Kier alpha value is -4.62. The monoisotopic (exact) mass is 624 g/mol. The zero-order valence-corrected chi connectivity index (χ0v) is 24.2. The van der Waals surface area contributed by atoms with Crippen LogP contribution in [0.2, 0.25) is 0 Å². The van der Waals surface area contributed by atoms with Crippen molar-refractivity contribution in [3.05, 3.63) is 83.4 Å². The summed E-state index contributed by atoms with van der Waals surface area (Å²) < 4.78 is 17.1. The fourth-order valence-electron chi connectivity index (χ4n) is 4.76. The minimum Gasteiger partial charge on any atom is -0.508 e. The van der Waals surface area contributed by atoms with Crippen molar-refractivity contribution in [3.63, 3.8) is 0 Å². The van der Waals surface area contributed by atoms with Crippen LogP contribution in [0.15, 0.2) is 66.7 Å². The van der Waals surface area contributed by atoms with Crippen molar-refractivity contribution in [2.24, 2.45) is 0 Å². The summed E-state index contributed by atoms with van der Waals surface area (Å²) in [6, 6.07) is 14.6. The fourth-order valence-corrected chi connectivity index (χ4v) is 4.76. The topological polar surface area (TPSA) is 203 Å². The summed E-state index contributed by atoms with van der Waals surface area (Å²) in [6.07, 6.45) is -3.17. The summed E-state index contributed by atoms with van der Waals surface area (Å²) in [7, 11) is 0. The second-order valence-corrected chi connectivity index (χ2v) is 10.8. The number of carbonyl (C=O) groups is 2. The Bertz CT molecular complexity index is 1490. The number of phenols is 5. The molecule has 45 heavy (non-hydrogen) atoms. The van der Waals surface area contributed by atoms with Gasteiger partial charge in [0.2, 0.25) is 0 Å². The van der Waals surface area contributed by atoms with Crippen molar-refractivity contribution in [2.45, 2.75) is 62.8 Å². The number of aliphatic hydroxyl groups is 2. The molecule has 12 nitrogen and oxygen atoms in total. The van der Waals surface area contributed by atoms with Gasteiger partial charge in [-0.2, -0.15) is 0 Å². The second-order valence-electron chi connectivity index (χ2n) is 10.8. The van der Waals surface area contributed by atoms with E-state index in [1.807, 2.05) is 0 Å². The van der Waals surface area contributed by atoms with E-state index in [2.05, 4.69) is 0 Å². The predicted octanol–water partition coefficient (Wildman–Crippen LogP) is 2.83. The quantitative estimate of drug-likeness (QED) is 0.0834. The van der Waals surface area contributed by atoms with Crippen LogP contribution in [0.1, 0.15) is 36.0 Å². The first-order valence-electron chi connectivity index (χ1n) is 14.3. The predicted molar refractivity (Wildman–Crippen MR) is 159 cm³/mol. The molecule has 0 amide bonds. The van der Waals surface area contributed by atoms with Crippen molar-refractivity contribution in [2.75, 3.05) is 6.61 Å². The van der Waals surface area contributed by atoms with Gasteiger partial charge in [0, 0.05) is 18.9 Å². The molecule has 0 aliphatic carbocycles. The maximum atomic E-state index is 13.0. The number of hydrogen-bond donors (Lipinski definition) is 7. The second kappa shape index (κ2) is 15.4. The number of ketones is 1. The largest absolute Gasteiger partial charge is 0.508 e. The van der Waals surface area contributed by atoms with Gasteiger partial charge in [0.15, 0.2) is 35.4 Å². The molecule has 0 unspecified atom stereocenters. The molecule has 1 heterocycles. The number of ether oxygens (including phenoxy) is 3. The van der Waals surface area contributed by atoms with E-state index in [-0.39, 0.29) is 66.8 Å². The highest BCUT2D eigenvalue weighted by Crippen LogP contribution is 2.29. The molecule has 1 aliphatic rings. The molecule has 0 radical (unpaired) electrons. The zero-order valence-electron chi connectivity index (χ0n) is 24.2. The average molecular weight is 625 g/mol. The fraction of sp³-hybridized carbons (Fsp3) is 0.333. The summed E-state index contributed by atoms with van der Waals surface area (Å²) in [4.78, 5) is 25.7. The maximum absolute atomic E-state index is 13.0. The number of benzene rings is 3. The number of rotatable bonds is 13.